The van der Waals surface area contributed by atoms with Crippen LogP contribution < -0.4 is 5.32 Å². The van der Waals surface area contributed by atoms with Gasteiger partial charge in [0.05, 0.1) is 26.5 Å². The summed E-state index contributed by atoms with van der Waals surface area (Å²) >= 11 is 12.0. The second-order valence-corrected chi connectivity index (χ2v) is 10.4. The van der Waals surface area contributed by atoms with Gasteiger partial charge in [-0.2, -0.15) is 4.31 Å². The average molecular weight is 499 g/mol. The number of carbonyl (C=O) groups excluding carboxylic acids is 2. The molecule has 32 heavy (non-hydrogen) atoms. The minimum absolute atomic E-state index is 0.205. The van der Waals surface area contributed by atoms with Crippen molar-refractivity contribution in [3.63, 3.8) is 0 Å². The predicted molar refractivity (Wildman–Crippen MR) is 123 cm³/mol. The summed E-state index contributed by atoms with van der Waals surface area (Å²) in [6.45, 7) is 3.72. The van der Waals surface area contributed by atoms with Gasteiger partial charge in [-0.15, -0.1) is 0 Å². The zero-order chi connectivity index (χ0) is 23.5. The smallest absolute Gasteiger partial charge is 0.309 e. The molecule has 10 heteroatoms. The van der Waals surface area contributed by atoms with Gasteiger partial charge in [0, 0.05) is 13.1 Å². The van der Waals surface area contributed by atoms with E-state index < -0.39 is 34.4 Å². The molecule has 1 saturated heterocycles. The number of hydrogen-bond donors (Lipinski definition) is 1. The molecule has 0 aliphatic carbocycles. The Bertz CT molecular complexity index is 1110. The van der Waals surface area contributed by atoms with Crippen LogP contribution in [0.25, 0.3) is 0 Å². The van der Waals surface area contributed by atoms with E-state index in [2.05, 4.69) is 5.32 Å². The number of piperidine rings is 1. The lowest BCUT2D eigenvalue weighted by Crippen LogP contribution is -2.41. The summed E-state index contributed by atoms with van der Waals surface area (Å²) in [4.78, 5) is 24.7. The molecule has 0 atom stereocenters. The Morgan fingerprint density at radius 1 is 1.06 bits per heavy atom. The van der Waals surface area contributed by atoms with Gasteiger partial charge in [-0.25, -0.2) is 8.42 Å². The topological polar surface area (TPSA) is 92.8 Å². The molecule has 2 aromatic carbocycles. The van der Waals surface area contributed by atoms with E-state index in [1.807, 2.05) is 13.8 Å². The number of rotatable bonds is 6. The molecule has 1 N–H and O–H groups in total. The molecule has 0 radical (unpaired) electrons. The molecular formula is C22H24Cl2N2O5S. The van der Waals surface area contributed by atoms with Crippen LogP contribution in [0.5, 0.6) is 0 Å². The van der Waals surface area contributed by atoms with E-state index in [4.69, 9.17) is 27.9 Å². The van der Waals surface area contributed by atoms with Crippen LogP contribution >= 0.6 is 23.2 Å². The van der Waals surface area contributed by atoms with Crippen molar-refractivity contribution in [2.24, 2.45) is 5.92 Å². The van der Waals surface area contributed by atoms with Gasteiger partial charge in [0.15, 0.2) is 6.61 Å². The standard InChI is InChI=1S/C22H24Cl2N2O5S/c1-14-6-7-17(12-15(14)2)32(29,30)26-10-8-16(9-11-26)22(28)31-13-20(27)25-21-18(23)4-3-5-19(21)24/h3-7,12,16H,8-11,13H2,1-2H3,(H,25,27). The van der Waals surface area contributed by atoms with E-state index in [9.17, 15) is 18.0 Å². The average Bonchev–Trinajstić information content (AvgIpc) is 2.76. The Kier molecular flexibility index (Phi) is 7.82. The molecule has 1 amide bonds. The number of aryl methyl sites for hydroxylation is 2. The van der Waals surface area contributed by atoms with Crippen molar-refractivity contribution in [2.45, 2.75) is 31.6 Å². The van der Waals surface area contributed by atoms with E-state index in [0.717, 1.165) is 11.1 Å². The third-order valence-corrected chi connectivity index (χ3v) is 8.00. The summed E-state index contributed by atoms with van der Waals surface area (Å²) in [5.74, 6) is -1.57. The first-order valence-corrected chi connectivity index (χ1v) is 12.3. The Morgan fingerprint density at radius 2 is 1.69 bits per heavy atom. The molecule has 172 valence electrons. The molecule has 7 nitrogen and oxygen atoms in total. The molecule has 0 aromatic heterocycles. The minimum Gasteiger partial charge on any atom is -0.455 e. The van der Waals surface area contributed by atoms with Crippen molar-refractivity contribution < 1.29 is 22.7 Å². The Balaban J connectivity index is 1.52. The van der Waals surface area contributed by atoms with Gasteiger partial charge in [0.25, 0.3) is 5.91 Å². The quantitative estimate of drug-likeness (QED) is 0.602. The molecule has 0 spiro atoms. The second kappa shape index (κ2) is 10.2. The SMILES string of the molecule is Cc1ccc(S(=O)(=O)N2CCC(C(=O)OCC(=O)Nc3c(Cl)cccc3Cl)CC2)cc1C. The van der Waals surface area contributed by atoms with Crippen LogP contribution in [-0.4, -0.2) is 44.3 Å². The molecular weight excluding hydrogens is 475 g/mol. The van der Waals surface area contributed by atoms with Crippen molar-refractivity contribution in [3.8, 4) is 0 Å². The van der Waals surface area contributed by atoms with Crippen LogP contribution in [0.1, 0.15) is 24.0 Å². The Hall–Kier alpha value is -2.13. The summed E-state index contributed by atoms with van der Waals surface area (Å²) in [5.41, 5.74) is 2.17. The fraction of sp³-hybridized carbons (Fsp3) is 0.364. The van der Waals surface area contributed by atoms with E-state index in [-0.39, 0.29) is 33.7 Å². The molecule has 1 heterocycles. The first-order chi connectivity index (χ1) is 15.1. The van der Waals surface area contributed by atoms with Gasteiger partial charge < -0.3 is 10.1 Å². The molecule has 0 bridgehead atoms. The van der Waals surface area contributed by atoms with E-state index in [0.29, 0.717) is 12.8 Å². The Labute approximate surface area is 197 Å². The molecule has 2 aromatic rings. The first-order valence-electron chi connectivity index (χ1n) is 10.1. The highest BCUT2D eigenvalue weighted by Gasteiger charge is 2.33. The monoisotopic (exact) mass is 498 g/mol. The molecule has 1 aliphatic rings. The lowest BCUT2D eigenvalue weighted by molar-refractivity contribution is -0.152. The van der Waals surface area contributed by atoms with Crippen LogP contribution in [0.15, 0.2) is 41.3 Å². The summed E-state index contributed by atoms with van der Waals surface area (Å²) in [6.07, 6.45) is 0.641. The number of nitrogens with zero attached hydrogens (tertiary/aromatic N) is 1. The maximum absolute atomic E-state index is 12.9. The summed E-state index contributed by atoms with van der Waals surface area (Å²) in [6, 6.07) is 9.85. The number of halogens is 2. The minimum atomic E-state index is -3.63. The largest absolute Gasteiger partial charge is 0.455 e. The van der Waals surface area contributed by atoms with Crippen LogP contribution in [0.4, 0.5) is 5.69 Å². The van der Waals surface area contributed by atoms with Crippen molar-refractivity contribution >= 4 is 50.8 Å². The molecule has 1 aliphatic heterocycles. The number of nitrogens with one attached hydrogen (secondary N) is 1. The zero-order valence-corrected chi connectivity index (χ0v) is 20.1. The number of para-hydroxylation sites is 1. The molecule has 1 fully saturated rings. The van der Waals surface area contributed by atoms with Crippen molar-refractivity contribution in [3.05, 3.63) is 57.6 Å². The summed E-state index contributed by atoms with van der Waals surface area (Å²) < 4.78 is 32.3. The number of carbonyl (C=O) groups is 2. The van der Waals surface area contributed by atoms with Crippen LogP contribution in [0.2, 0.25) is 10.0 Å². The highest BCUT2D eigenvalue weighted by molar-refractivity contribution is 7.89. The maximum atomic E-state index is 12.9. The normalized spacial score (nSPS) is 15.4. The van der Waals surface area contributed by atoms with Crippen LogP contribution in [0, 0.1) is 19.8 Å². The highest BCUT2D eigenvalue weighted by Crippen LogP contribution is 2.30. The second-order valence-electron chi connectivity index (χ2n) is 7.68. The third kappa shape index (κ3) is 5.61. The molecule has 3 rings (SSSR count). The van der Waals surface area contributed by atoms with Crippen molar-refractivity contribution in [1.29, 1.82) is 0 Å². The van der Waals surface area contributed by atoms with Gasteiger partial charge in [-0.1, -0.05) is 35.3 Å². The van der Waals surface area contributed by atoms with Crippen molar-refractivity contribution in [1.82, 2.24) is 4.31 Å². The van der Waals surface area contributed by atoms with Crippen LogP contribution in [-0.2, 0) is 24.3 Å². The third-order valence-electron chi connectivity index (χ3n) is 5.48. The number of benzene rings is 2. The number of ether oxygens (including phenoxy) is 1. The van der Waals surface area contributed by atoms with E-state index in [1.165, 1.54) is 4.31 Å². The zero-order valence-electron chi connectivity index (χ0n) is 17.7. The maximum Gasteiger partial charge on any atom is 0.309 e. The molecule has 0 saturated carbocycles. The predicted octanol–water partition coefficient (Wildman–Crippen LogP) is 4.19. The lowest BCUT2D eigenvalue weighted by atomic mass is 9.98. The molecule has 0 unspecified atom stereocenters. The summed E-state index contributed by atoms with van der Waals surface area (Å²) in [7, 11) is -3.63. The van der Waals surface area contributed by atoms with Gasteiger partial charge in [-0.05, 0) is 62.1 Å². The van der Waals surface area contributed by atoms with E-state index >= 15 is 0 Å². The van der Waals surface area contributed by atoms with Gasteiger partial charge in [-0.3, -0.25) is 9.59 Å². The fourth-order valence-corrected chi connectivity index (χ4v) is 5.45. The van der Waals surface area contributed by atoms with Gasteiger partial charge >= 0.3 is 5.97 Å². The number of esters is 1. The van der Waals surface area contributed by atoms with E-state index in [1.54, 1.807) is 36.4 Å². The number of anilines is 1. The number of amides is 1. The van der Waals surface area contributed by atoms with Gasteiger partial charge in [0.1, 0.15) is 0 Å². The first kappa shape index (κ1) is 24.5. The fourth-order valence-electron chi connectivity index (χ4n) is 3.40. The van der Waals surface area contributed by atoms with Crippen LogP contribution in [0.3, 0.4) is 0 Å². The Morgan fingerprint density at radius 3 is 2.28 bits per heavy atom. The van der Waals surface area contributed by atoms with Gasteiger partial charge in [0.2, 0.25) is 10.0 Å². The number of sulfonamides is 1. The highest BCUT2D eigenvalue weighted by atomic mass is 35.5. The summed E-state index contributed by atoms with van der Waals surface area (Å²) in [5, 5.41) is 3.07. The van der Waals surface area contributed by atoms with Crippen molar-refractivity contribution in [2.75, 3.05) is 25.0 Å². The number of hydrogen-bond acceptors (Lipinski definition) is 5. The lowest BCUT2D eigenvalue weighted by Gasteiger charge is -2.30.